The van der Waals surface area contributed by atoms with Crippen LogP contribution in [0, 0.1) is 0 Å². The molecule has 0 bridgehead atoms. The third-order valence-electron chi connectivity index (χ3n) is 3.08. The topological polar surface area (TPSA) is 112 Å². The number of H-pyrrole nitrogens is 2. The van der Waals surface area contributed by atoms with Gasteiger partial charge in [0.2, 0.25) is 10.0 Å². The van der Waals surface area contributed by atoms with E-state index in [0.717, 1.165) is 12.8 Å². The highest BCUT2D eigenvalue weighted by Crippen LogP contribution is 2.15. The predicted molar refractivity (Wildman–Crippen MR) is 79.9 cm³/mol. The molecule has 0 radical (unpaired) electrons. The number of aromatic amines is 2. The maximum atomic E-state index is 12.2. The minimum atomic E-state index is -3.66. The van der Waals surface area contributed by atoms with Crippen LogP contribution in [0.4, 0.5) is 0 Å². The largest absolute Gasteiger partial charge is 0.316 e. The molecule has 1 aromatic heterocycles. The zero-order valence-electron chi connectivity index (χ0n) is 11.8. The van der Waals surface area contributed by atoms with Gasteiger partial charge in [0.05, 0.1) is 15.9 Å². The van der Waals surface area contributed by atoms with Gasteiger partial charge in [0, 0.05) is 6.04 Å². The van der Waals surface area contributed by atoms with Crippen molar-refractivity contribution in [1.82, 2.24) is 14.7 Å². The van der Waals surface area contributed by atoms with Gasteiger partial charge in [-0.15, -0.1) is 0 Å². The van der Waals surface area contributed by atoms with Gasteiger partial charge in [0.1, 0.15) is 0 Å². The highest BCUT2D eigenvalue weighted by Gasteiger charge is 2.17. The van der Waals surface area contributed by atoms with E-state index in [0.29, 0.717) is 5.52 Å². The Labute approximate surface area is 121 Å². The lowest BCUT2D eigenvalue weighted by atomic mass is 10.2. The summed E-state index contributed by atoms with van der Waals surface area (Å²) in [5.74, 6) is 0. The Bertz CT molecular complexity index is 867. The number of benzene rings is 1. The fraction of sp³-hybridized carbons (Fsp3) is 0.385. The van der Waals surface area contributed by atoms with Gasteiger partial charge < -0.3 is 9.97 Å². The van der Waals surface area contributed by atoms with Crippen molar-refractivity contribution in [3.05, 3.63) is 38.9 Å². The summed E-state index contributed by atoms with van der Waals surface area (Å²) in [6.45, 7) is 3.77. The number of hydrogen-bond donors (Lipinski definition) is 3. The molecule has 0 unspecified atom stereocenters. The summed E-state index contributed by atoms with van der Waals surface area (Å²) in [5, 5.41) is 0. The van der Waals surface area contributed by atoms with Gasteiger partial charge in [-0.1, -0.05) is 13.3 Å². The molecule has 0 saturated carbocycles. The number of hydrogen-bond acceptors (Lipinski definition) is 4. The van der Waals surface area contributed by atoms with Gasteiger partial charge in [-0.05, 0) is 31.5 Å². The summed E-state index contributed by atoms with van der Waals surface area (Å²) in [6, 6.07) is 3.99. The first kappa shape index (κ1) is 15.5. The zero-order chi connectivity index (χ0) is 15.6. The van der Waals surface area contributed by atoms with E-state index in [9.17, 15) is 18.0 Å². The normalized spacial score (nSPS) is 13.4. The molecule has 7 nitrogen and oxygen atoms in total. The Morgan fingerprint density at radius 1 is 1.14 bits per heavy atom. The van der Waals surface area contributed by atoms with E-state index >= 15 is 0 Å². The van der Waals surface area contributed by atoms with Gasteiger partial charge in [0.15, 0.2) is 0 Å². The van der Waals surface area contributed by atoms with Crippen LogP contribution in [0.1, 0.15) is 26.7 Å². The van der Waals surface area contributed by atoms with E-state index in [2.05, 4.69) is 14.7 Å². The molecule has 114 valence electrons. The van der Waals surface area contributed by atoms with Gasteiger partial charge in [-0.25, -0.2) is 13.1 Å². The summed E-state index contributed by atoms with van der Waals surface area (Å²) in [5.41, 5.74) is -0.942. The molecule has 3 N–H and O–H groups in total. The van der Waals surface area contributed by atoms with Crippen molar-refractivity contribution >= 4 is 21.1 Å². The van der Waals surface area contributed by atoms with Crippen molar-refractivity contribution in [1.29, 1.82) is 0 Å². The lowest BCUT2D eigenvalue weighted by molar-refractivity contribution is 0.544. The van der Waals surface area contributed by atoms with Crippen molar-refractivity contribution in [2.75, 3.05) is 0 Å². The van der Waals surface area contributed by atoms with E-state index in [1.807, 2.05) is 6.92 Å². The molecule has 1 atom stereocenters. The van der Waals surface area contributed by atoms with Crippen LogP contribution >= 0.6 is 0 Å². The van der Waals surface area contributed by atoms with Crippen molar-refractivity contribution in [3.63, 3.8) is 0 Å². The minimum Gasteiger partial charge on any atom is -0.316 e. The second-order valence-electron chi connectivity index (χ2n) is 4.93. The summed E-state index contributed by atoms with van der Waals surface area (Å²) in [6.07, 6.45) is 1.60. The van der Waals surface area contributed by atoms with Crippen molar-refractivity contribution in [3.8, 4) is 0 Å². The van der Waals surface area contributed by atoms with E-state index in [-0.39, 0.29) is 16.5 Å². The molecule has 0 aliphatic carbocycles. The maximum absolute atomic E-state index is 12.2. The van der Waals surface area contributed by atoms with Crippen molar-refractivity contribution in [2.45, 2.75) is 37.6 Å². The van der Waals surface area contributed by atoms with Crippen LogP contribution in [0.5, 0.6) is 0 Å². The molecular formula is C13H17N3O4S. The molecule has 0 saturated heterocycles. The maximum Gasteiger partial charge on any atom is 0.314 e. The molecule has 1 heterocycles. The van der Waals surface area contributed by atoms with Crippen LogP contribution in [0.2, 0.25) is 0 Å². The summed E-state index contributed by atoms with van der Waals surface area (Å²) < 4.78 is 27.0. The molecule has 1 aromatic carbocycles. The number of aromatic nitrogens is 2. The number of fused-ring (bicyclic) bond motifs is 1. The highest BCUT2D eigenvalue weighted by atomic mass is 32.2. The van der Waals surface area contributed by atoms with Crippen LogP contribution in [0.3, 0.4) is 0 Å². The molecular weight excluding hydrogens is 294 g/mol. The highest BCUT2D eigenvalue weighted by molar-refractivity contribution is 7.89. The van der Waals surface area contributed by atoms with Crippen molar-refractivity contribution < 1.29 is 8.42 Å². The molecule has 0 aliphatic rings. The predicted octanol–water partition coefficient (Wildman–Crippen LogP) is 0.683. The van der Waals surface area contributed by atoms with Gasteiger partial charge in [0.25, 0.3) is 0 Å². The molecule has 0 fully saturated rings. The third kappa shape index (κ3) is 3.40. The fourth-order valence-electron chi connectivity index (χ4n) is 2.09. The number of sulfonamides is 1. The second kappa shape index (κ2) is 5.82. The SMILES string of the molecule is CCC[C@@H](C)NS(=O)(=O)c1ccc2[nH]c(=O)c(=O)[nH]c2c1. The first-order valence-corrected chi connectivity index (χ1v) is 8.10. The fourth-order valence-corrected chi connectivity index (χ4v) is 3.39. The molecule has 2 aromatic rings. The monoisotopic (exact) mass is 311 g/mol. The average molecular weight is 311 g/mol. The third-order valence-corrected chi connectivity index (χ3v) is 4.67. The quantitative estimate of drug-likeness (QED) is 0.705. The Hall–Kier alpha value is -1.93. The van der Waals surface area contributed by atoms with E-state index < -0.39 is 21.1 Å². The number of rotatable bonds is 5. The Morgan fingerprint density at radius 2 is 1.76 bits per heavy atom. The smallest absolute Gasteiger partial charge is 0.314 e. The molecule has 0 aliphatic heterocycles. The summed E-state index contributed by atoms with van der Waals surface area (Å²) in [7, 11) is -3.66. The standard InChI is InChI=1S/C13H17N3O4S/c1-3-4-8(2)16-21(19,20)9-5-6-10-11(7-9)15-13(18)12(17)14-10/h5-8,16H,3-4H2,1-2H3,(H,14,17)(H,15,18)/t8-/m1/s1. The zero-order valence-corrected chi connectivity index (χ0v) is 12.6. The van der Waals surface area contributed by atoms with Crippen LogP contribution < -0.4 is 15.8 Å². The number of nitrogens with one attached hydrogen (secondary N) is 3. The Kier molecular flexibility index (Phi) is 4.29. The van der Waals surface area contributed by atoms with Crippen LogP contribution in [-0.2, 0) is 10.0 Å². The van der Waals surface area contributed by atoms with Gasteiger partial charge >= 0.3 is 11.1 Å². The van der Waals surface area contributed by atoms with Crippen LogP contribution in [-0.4, -0.2) is 24.4 Å². The van der Waals surface area contributed by atoms with Gasteiger partial charge in [-0.3, -0.25) is 9.59 Å². The van der Waals surface area contributed by atoms with Crippen molar-refractivity contribution in [2.24, 2.45) is 0 Å². The van der Waals surface area contributed by atoms with Gasteiger partial charge in [-0.2, -0.15) is 0 Å². The average Bonchev–Trinajstić information content (AvgIpc) is 2.39. The summed E-state index contributed by atoms with van der Waals surface area (Å²) in [4.78, 5) is 27.3. The second-order valence-corrected chi connectivity index (χ2v) is 6.64. The van der Waals surface area contributed by atoms with Crippen LogP contribution in [0.15, 0.2) is 32.7 Å². The molecule has 0 amide bonds. The molecule has 21 heavy (non-hydrogen) atoms. The molecule has 2 rings (SSSR count). The van der Waals surface area contributed by atoms with E-state index in [4.69, 9.17) is 0 Å². The first-order valence-electron chi connectivity index (χ1n) is 6.62. The van der Waals surface area contributed by atoms with Crippen LogP contribution in [0.25, 0.3) is 11.0 Å². The Morgan fingerprint density at radius 3 is 2.38 bits per heavy atom. The molecule has 8 heteroatoms. The first-order chi connectivity index (χ1) is 9.83. The minimum absolute atomic E-state index is 0.0423. The lowest BCUT2D eigenvalue weighted by Crippen LogP contribution is -2.32. The summed E-state index contributed by atoms with van der Waals surface area (Å²) >= 11 is 0. The Balaban J connectivity index is 2.45. The van der Waals surface area contributed by atoms with E-state index in [1.165, 1.54) is 18.2 Å². The molecule has 0 spiro atoms. The lowest BCUT2D eigenvalue weighted by Gasteiger charge is -2.13. The van der Waals surface area contributed by atoms with E-state index in [1.54, 1.807) is 6.92 Å².